The predicted molar refractivity (Wildman–Crippen MR) is 312 cm³/mol. The fourth-order valence-corrected chi connectivity index (χ4v) is 10.0. The van der Waals surface area contributed by atoms with E-state index in [1.165, 1.54) is 58.9 Å². The minimum atomic E-state index is -1.58. The van der Waals surface area contributed by atoms with Gasteiger partial charge in [-0.05, 0) is 114 Å². The first-order valence-corrected chi connectivity index (χ1v) is 28.8. The van der Waals surface area contributed by atoms with Gasteiger partial charge in [-0.2, -0.15) is 0 Å². The zero-order valence-electron chi connectivity index (χ0n) is 49.2. The molecule has 454 valence electrons. The summed E-state index contributed by atoms with van der Waals surface area (Å²) in [4.78, 5) is 154. The van der Waals surface area contributed by atoms with Crippen LogP contribution in [0.5, 0.6) is 5.75 Å². The number of amides is 8. The van der Waals surface area contributed by atoms with Crippen molar-refractivity contribution < 1.29 is 63.0 Å². The Morgan fingerprint density at radius 2 is 1.31 bits per heavy atom. The fourth-order valence-electron chi connectivity index (χ4n) is 10.0. The monoisotopic (exact) mass is 1150 g/mol. The van der Waals surface area contributed by atoms with Crippen molar-refractivity contribution >= 4 is 75.7 Å². The first-order valence-electron chi connectivity index (χ1n) is 28.8. The van der Waals surface area contributed by atoms with Gasteiger partial charge < -0.3 is 58.1 Å². The number of fused-ring (bicyclic) bond motifs is 1. The van der Waals surface area contributed by atoms with E-state index in [1.54, 1.807) is 37.4 Å². The van der Waals surface area contributed by atoms with E-state index in [0.717, 1.165) is 25.7 Å². The van der Waals surface area contributed by atoms with Crippen molar-refractivity contribution in [2.45, 2.75) is 200 Å². The molecule has 8 amide bonds. The lowest BCUT2D eigenvalue weighted by molar-refractivity contribution is -0.139. The minimum absolute atomic E-state index is 0.0626. The van der Waals surface area contributed by atoms with Crippen LogP contribution in [0.15, 0.2) is 66.9 Å². The normalized spacial score (nSPS) is 25.4. The Kier molecular flexibility index (Phi) is 26.1. The summed E-state index contributed by atoms with van der Waals surface area (Å²) in [6.45, 7) is 12.5. The van der Waals surface area contributed by atoms with E-state index in [2.05, 4.69) is 42.2 Å². The number of aromatic amines is 1. The number of Topliss-reactive ketones (excluding diaryl/α,β-unsaturated/α-hetero) is 2. The van der Waals surface area contributed by atoms with E-state index < -0.39 is 131 Å². The lowest BCUT2D eigenvalue weighted by Gasteiger charge is -2.33. The van der Waals surface area contributed by atoms with E-state index in [1.807, 2.05) is 26.0 Å². The number of aliphatic carboxylic acids is 1. The summed E-state index contributed by atoms with van der Waals surface area (Å²) in [6.07, 6.45) is 8.89. The highest BCUT2D eigenvalue weighted by Gasteiger charge is 2.40. The van der Waals surface area contributed by atoms with E-state index in [9.17, 15) is 63.0 Å². The third-order valence-corrected chi connectivity index (χ3v) is 15.1. The lowest BCUT2D eigenvalue weighted by atomic mass is 9.79. The van der Waals surface area contributed by atoms with Crippen LogP contribution in [0.1, 0.15) is 156 Å². The molecule has 2 aromatic carbocycles. The fraction of sp³-hybridized carbons (Fsp3) is 0.557. The second-order valence-corrected chi connectivity index (χ2v) is 23.2. The molecule has 0 saturated heterocycles. The zero-order valence-corrected chi connectivity index (χ0v) is 49.2. The number of ketones is 2. The van der Waals surface area contributed by atoms with Gasteiger partial charge in [0.25, 0.3) is 0 Å². The molecule has 0 bridgehead atoms. The molecular weight excluding hydrogens is 1070 g/mol. The molecule has 2 unspecified atom stereocenters. The van der Waals surface area contributed by atoms with Crippen molar-refractivity contribution in [1.82, 2.24) is 42.2 Å². The van der Waals surface area contributed by atoms with Crippen molar-refractivity contribution in [3.05, 3.63) is 78.0 Å². The van der Waals surface area contributed by atoms with E-state index in [4.69, 9.17) is 5.73 Å². The maximum absolute atomic E-state index is 14.7. The number of nitrogens with one attached hydrogen (secondary N) is 8. The number of para-hydroxylation sites is 1. The van der Waals surface area contributed by atoms with Crippen LogP contribution in [-0.2, 0) is 65.6 Å². The molecule has 1 aliphatic heterocycles. The second kappa shape index (κ2) is 32.1. The van der Waals surface area contributed by atoms with Crippen molar-refractivity contribution in [2.24, 2.45) is 23.0 Å². The predicted octanol–water partition coefficient (Wildman–Crippen LogP) is 4.54. The summed E-state index contributed by atoms with van der Waals surface area (Å²) in [6, 6.07) is 5.13. The molecule has 12 N–H and O–H groups in total. The average Bonchev–Trinajstić information content (AvgIpc) is 3.85. The number of primary amides is 1. The number of rotatable bonds is 14. The van der Waals surface area contributed by atoms with Crippen molar-refractivity contribution in [3.8, 4) is 5.75 Å². The number of hydrogen-bond acceptors (Lipinski definition) is 12. The van der Waals surface area contributed by atoms with Gasteiger partial charge in [-0.1, -0.05) is 89.4 Å². The van der Waals surface area contributed by atoms with Crippen LogP contribution in [0.3, 0.4) is 0 Å². The Balaban J connectivity index is 1.76. The summed E-state index contributed by atoms with van der Waals surface area (Å²) in [5, 5.41) is 39.6. The van der Waals surface area contributed by atoms with E-state index in [-0.39, 0.29) is 49.6 Å². The SMILES string of the molecule is CC(=O)C[C@]1(C)CCCCCCC=CCCC[C@@](C)(C(=O)NC(C)C(N)=O)NC(=O)[C@H](CC(C)C)NC(=O)[C@H](C)CC(=O)[C@H](CCC(=O)O)NC(=O)[C@H](Cc2c[nH]c3ccccc23)NC(=O)[C@H](Cc2ccc(O)cc2)NC(=O)C(C)NC1=O. The van der Waals surface area contributed by atoms with Gasteiger partial charge in [-0.3, -0.25) is 52.7 Å². The molecular formula is C61H87N9O13. The van der Waals surface area contributed by atoms with Gasteiger partial charge in [0, 0.05) is 55.1 Å². The number of aromatic hydroxyl groups is 1. The standard InChI is InChI=1S/C61H87N9O13/c1-36(2)30-47-57(81)70-61(8,59(83)64-39(5)52(62)76)29-19-15-13-11-9-10-12-14-18-28-60(7,34-38(4)71)58(82)65-40(6)54(78)68-48(32-41-22-24-43(72)25-23-41)55(79)69-49(33-42-35-63-45-21-17-16-20-44(42)45)56(80)66-46(26-27-51(74)75)50(73)31-37(3)53(77)67-47/h11,13,16-17,20-25,35-37,39-40,46-49,63,72H,9-10,12,14-15,18-19,26-34H2,1-8H3,(H2,62,76)(H,64,83)(H,65,82)(H,66,80)(H,67,77)(H,68,78)(H,69,79)(H,70,81)(H,74,75)/t37-,39?,40?,46+,47+,48+,49+,60+,61+/m1/s1. The first-order chi connectivity index (χ1) is 39.1. The van der Waals surface area contributed by atoms with Crippen LogP contribution < -0.4 is 43.0 Å². The zero-order chi connectivity index (χ0) is 61.6. The number of allylic oxidation sites excluding steroid dienone is 2. The van der Waals surface area contributed by atoms with Gasteiger partial charge in [0.15, 0.2) is 5.78 Å². The van der Waals surface area contributed by atoms with Gasteiger partial charge in [0.2, 0.25) is 47.3 Å². The molecule has 1 aliphatic rings. The molecule has 3 aromatic rings. The minimum Gasteiger partial charge on any atom is -0.508 e. The largest absolute Gasteiger partial charge is 0.508 e. The summed E-state index contributed by atoms with van der Waals surface area (Å²) in [5.41, 5.74) is 4.48. The Morgan fingerprint density at radius 3 is 1.95 bits per heavy atom. The third-order valence-electron chi connectivity index (χ3n) is 15.1. The van der Waals surface area contributed by atoms with Gasteiger partial charge in [0.05, 0.1) is 11.5 Å². The first kappa shape index (κ1) is 67.6. The Bertz CT molecular complexity index is 2810. The number of benzene rings is 2. The molecule has 0 saturated carbocycles. The van der Waals surface area contributed by atoms with Gasteiger partial charge in [0.1, 0.15) is 47.3 Å². The maximum Gasteiger partial charge on any atom is 0.303 e. The second-order valence-electron chi connectivity index (χ2n) is 23.2. The number of phenols is 1. The highest BCUT2D eigenvalue weighted by molar-refractivity contribution is 5.99. The van der Waals surface area contributed by atoms with Crippen LogP contribution in [0.25, 0.3) is 10.9 Å². The van der Waals surface area contributed by atoms with Crippen molar-refractivity contribution in [2.75, 3.05) is 0 Å². The number of carboxylic acids is 1. The van der Waals surface area contributed by atoms with Crippen molar-refractivity contribution in [1.29, 1.82) is 0 Å². The summed E-state index contributed by atoms with van der Waals surface area (Å²) in [7, 11) is 0. The average molecular weight is 1150 g/mol. The number of carbonyl (C=O) groups excluding carboxylic acids is 10. The summed E-state index contributed by atoms with van der Waals surface area (Å²) < 4.78 is 0. The molecule has 9 atom stereocenters. The molecule has 83 heavy (non-hydrogen) atoms. The van der Waals surface area contributed by atoms with Gasteiger partial charge >= 0.3 is 5.97 Å². The number of carboxylic acid groups (broad SMARTS) is 1. The van der Waals surface area contributed by atoms with Crippen LogP contribution in [0.2, 0.25) is 0 Å². The van der Waals surface area contributed by atoms with E-state index >= 15 is 0 Å². The number of nitrogens with two attached hydrogens (primary N) is 1. The quantitative estimate of drug-likeness (QED) is 0.0989. The summed E-state index contributed by atoms with van der Waals surface area (Å²) >= 11 is 0. The lowest BCUT2D eigenvalue weighted by Crippen LogP contribution is -2.62. The molecule has 0 fully saturated rings. The molecule has 4 rings (SSSR count). The molecule has 0 radical (unpaired) electrons. The van der Waals surface area contributed by atoms with Gasteiger partial charge in [-0.15, -0.1) is 0 Å². The molecule has 0 spiro atoms. The molecule has 22 nitrogen and oxygen atoms in total. The highest BCUT2D eigenvalue weighted by Crippen LogP contribution is 2.30. The number of phenolic OH excluding ortho intramolecular Hbond substituents is 1. The molecule has 0 aliphatic carbocycles. The molecule has 22 heteroatoms. The Morgan fingerprint density at radius 1 is 0.711 bits per heavy atom. The van der Waals surface area contributed by atoms with Gasteiger partial charge in [-0.25, -0.2) is 0 Å². The number of H-pyrrole nitrogens is 1. The number of hydrogen-bond donors (Lipinski definition) is 11. The van der Waals surface area contributed by atoms with Crippen LogP contribution in [0, 0.1) is 17.3 Å². The third kappa shape index (κ3) is 21.7. The van der Waals surface area contributed by atoms with Crippen molar-refractivity contribution in [3.63, 3.8) is 0 Å². The maximum atomic E-state index is 14.7. The van der Waals surface area contributed by atoms with Crippen LogP contribution in [0.4, 0.5) is 0 Å². The molecule has 2 heterocycles. The van der Waals surface area contributed by atoms with Crippen LogP contribution in [-0.4, -0.2) is 122 Å². The molecule has 1 aromatic heterocycles. The summed E-state index contributed by atoms with van der Waals surface area (Å²) in [5.74, 6) is -9.59. The highest BCUT2D eigenvalue weighted by atomic mass is 16.4. The number of aromatic nitrogens is 1. The topological polar surface area (TPSA) is 354 Å². The Labute approximate surface area is 485 Å². The number of carbonyl (C=O) groups is 11. The van der Waals surface area contributed by atoms with Crippen LogP contribution >= 0.6 is 0 Å². The van der Waals surface area contributed by atoms with E-state index in [0.29, 0.717) is 47.7 Å². The Hall–Kier alpha value is -7.91. The smallest absolute Gasteiger partial charge is 0.303 e.